The average Bonchev–Trinajstić information content (AvgIpc) is 2.59. The maximum Gasteiger partial charge on any atom is -0.0211 e. The lowest BCUT2D eigenvalue weighted by molar-refractivity contribution is 0.622. The first-order valence-corrected chi connectivity index (χ1v) is 12.7. The third-order valence-electron chi connectivity index (χ3n) is 5.26. The fourth-order valence-corrected chi connectivity index (χ4v) is 6.44. The normalized spacial score (nSPS) is 11.4. The lowest BCUT2D eigenvalue weighted by Gasteiger charge is -2.21. The number of benzene rings is 1. The molecule has 0 aliphatic rings. The second-order valence-corrected chi connectivity index (χ2v) is 10.3. The van der Waals surface area contributed by atoms with Gasteiger partial charge in [-0.25, -0.2) is 0 Å². The van der Waals surface area contributed by atoms with Gasteiger partial charge in [-0.3, -0.25) is 0 Å². The molecular weight excluding hydrogens is 319 g/mol. The largest absolute Gasteiger partial charge is 0.0750 e. The van der Waals surface area contributed by atoms with Crippen molar-refractivity contribution in [3.05, 3.63) is 29.3 Å². The van der Waals surface area contributed by atoms with Gasteiger partial charge >= 0.3 is 0 Å². The van der Waals surface area contributed by atoms with Gasteiger partial charge in [-0.2, -0.15) is 0 Å². The molecule has 0 saturated carbocycles. The summed E-state index contributed by atoms with van der Waals surface area (Å²) in [5, 5.41) is 1.70. The van der Waals surface area contributed by atoms with E-state index in [-0.39, 0.29) is 7.92 Å². The second kappa shape index (κ2) is 14.8. The molecule has 0 unspecified atom stereocenters. The van der Waals surface area contributed by atoms with E-state index in [4.69, 9.17) is 0 Å². The number of unbranched alkanes of at least 4 members (excludes halogenated alkanes) is 10. The predicted octanol–water partition coefficient (Wildman–Crippen LogP) is 8.13. The van der Waals surface area contributed by atoms with Gasteiger partial charge in [0.2, 0.25) is 0 Å². The van der Waals surface area contributed by atoms with E-state index in [0.29, 0.717) is 0 Å². The van der Waals surface area contributed by atoms with Gasteiger partial charge in [0.05, 0.1) is 0 Å². The summed E-state index contributed by atoms with van der Waals surface area (Å²) in [5.74, 6) is 0. The van der Waals surface area contributed by atoms with Gasteiger partial charge in [0, 0.05) is 0 Å². The van der Waals surface area contributed by atoms with Crippen molar-refractivity contribution in [3.8, 4) is 0 Å². The van der Waals surface area contributed by atoms with E-state index in [1.807, 2.05) is 0 Å². The fraction of sp³-hybridized carbons (Fsp3) is 0.750. The molecule has 0 nitrogen and oxygen atoms in total. The van der Waals surface area contributed by atoms with Crippen LogP contribution in [0.1, 0.15) is 102 Å². The van der Waals surface area contributed by atoms with Crippen LogP contribution in [0.15, 0.2) is 18.2 Å². The van der Waals surface area contributed by atoms with Crippen molar-refractivity contribution in [2.24, 2.45) is 0 Å². The fourth-order valence-electron chi connectivity index (χ4n) is 3.68. The molecule has 1 rings (SSSR count). The Morgan fingerprint density at radius 3 is 1.60 bits per heavy atom. The minimum atomic E-state index is 0.0620. The van der Waals surface area contributed by atoms with Gasteiger partial charge in [0.15, 0.2) is 0 Å². The number of hydrogen-bond donors (Lipinski definition) is 0. The van der Waals surface area contributed by atoms with Crippen LogP contribution in [0.5, 0.6) is 0 Å². The van der Waals surface area contributed by atoms with Crippen LogP contribution in [-0.2, 0) is 0 Å². The van der Waals surface area contributed by atoms with Crippen molar-refractivity contribution < 1.29 is 0 Å². The molecule has 0 radical (unpaired) electrons. The molecule has 0 aromatic heterocycles. The molecule has 0 spiro atoms. The summed E-state index contributed by atoms with van der Waals surface area (Å²) in [7, 11) is 0.0620. The third-order valence-corrected chi connectivity index (χ3v) is 8.15. The van der Waals surface area contributed by atoms with Crippen molar-refractivity contribution in [2.75, 3.05) is 12.3 Å². The Labute approximate surface area is 160 Å². The maximum absolute atomic E-state index is 2.45. The first-order valence-electron chi connectivity index (χ1n) is 11.0. The second-order valence-electron chi connectivity index (χ2n) is 7.81. The molecule has 0 aliphatic heterocycles. The molecule has 0 heterocycles. The van der Waals surface area contributed by atoms with Crippen LogP contribution in [0.4, 0.5) is 0 Å². The zero-order valence-electron chi connectivity index (χ0n) is 17.6. The molecule has 1 aromatic rings. The van der Waals surface area contributed by atoms with E-state index in [9.17, 15) is 0 Å². The first-order chi connectivity index (χ1) is 12.2. The van der Waals surface area contributed by atoms with Crippen LogP contribution in [0.3, 0.4) is 0 Å². The Kier molecular flexibility index (Phi) is 13.4. The SMILES string of the molecule is CCCCCCCCP(CCCCCCCC)c1ccc(C)cc1C. The highest BCUT2D eigenvalue weighted by atomic mass is 31.1. The summed E-state index contributed by atoms with van der Waals surface area (Å²) < 4.78 is 0. The molecule has 0 fully saturated rings. The van der Waals surface area contributed by atoms with Crippen molar-refractivity contribution in [3.63, 3.8) is 0 Å². The molecule has 1 aromatic carbocycles. The highest BCUT2D eigenvalue weighted by Crippen LogP contribution is 2.38. The molecule has 0 aliphatic carbocycles. The molecule has 0 amide bonds. The monoisotopic (exact) mass is 362 g/mol. The average molecular weight is 363 g/mol. The van der Waals surface area contributed by atoms with E-state index in [1.165, 1.54) is 94.9 Å². The third kappa shape index (κ3) is 10.4. The van der Waals surface area contributed by atoms with E-state index in [2.05, 4.69) is 45.9 Å². The minimum absolute atomic E-state index is 0.0620. The lowest BCUT2D eigenvalue weighted by Crippen LogP contribution is -2.10. The zero-order valence-corrected chi connectivity index (χ0v) is 18.5. The van der Waals surface area contributed by atoms with Crippen LogP contribution in [0.2, 0.25) is 0 Å². The molecule has 25 heavy (non-hydrogen) atoms. The Morgan fingerprint density at radius 2 is 1.12 bits per heavy atom. The highest BCUT2D eigenvalue weighted by molar-refractivity contribution is 7.65. The van der Waals surface area contributed by atoms with Crippen LogP contribution in [0, 0.1) is 13.8 Å². The van der Waals surface area contributed by atoms with E-state index in [0.717, 1.165) is 0 Å². The van der Waals surface area contributed by atoms with E-state index in [1.54, 1.807) is 10.9 Å². The highest BCUT2D eigenvalue weighted by Gasteiger charge is 2.13. The standard InChI is InChI=1S/C24H43P/c1-5-7-9-11-13-15-19-25(20-16-14-12-10-8-6-2)24-18-17-22(3)21-23(24)4/h17-18,21H,5-16,19-20H2,1-4H3. The van der Waals surface area contributed by atoms with Crippen LogP contribution in [0.25, 0.3) is 0 Å². The van der Waals surface area contributed by atoms with Crippen molar-refractivity contribution in [2.45, 2.75) is 105 Å². The predicted molar refractivity (Wildman–Crippen MR) is 119 cm³/mol. The molecule has 0 saturated heterocycles. The smallest absolute Gasteiger partial charge is 0.0211 e. The van der Waals surface area contributed by atoms with E-state index >= 15 is 0 Å². The van der Waals surface area contributed by atoms with Crippen molar-refractivity contribution in [1.29, 1.82) is 0 Å². The Hall–Kier alpha value is -0.350. The van der Waals surface area contributed by atoms with Crippen molar-refractivity contribution >= 4 is 13.2 Å². The van der Waals surface area contributed by atoms with Gasteiger partial charge in [-0.1, -0.05) is 110 Å². The minimum Gasteiger partial charge on any atom is -0.0750 e. The molecule has 0 bridgehead atoms. The zero-order chi connectivity index (χ0) is 18.3. The first kappa shape index (κ1) is 22.7. The molecule has 144 valence electrons. The summed E-state index contributed by atoms with van der Waals surface area (Å²) in [5.41, 5.74) is 2.96. The van der Waals surface area contributed by atoms with E-state index < -0.39 is 0 Å². The molecule has 0 atom stereocenters. The molecule has 1 heteroatoms. The van der Waals surface area contributed by atoms with Crippen LogP contribution in [-0.4, -0.2) is 12.3 Å². The van der Waals surface area contributed by atoms with Gasteiger partial charge in [0.25, 0.3) is 0 Å². The summed E-state index contributed by atoms with van der Waals surface area (Å²) in [6, 6.07) is 7.18. The maximum atomic E-state index is 2.45. The Balaban J connectivity index is 2.46. The number of rotatable bonds is 15. The Morgan fingerprint density at radius 1 is 0.640 bits per heavy atom. The van der Waals surface area contributed by atoms with Crippen LogP contribution >= 0.6 is 7.92 Å². The van der Waals surface area contributed by atoms with Gasteiger partial charge < -0.3 is 0 Å². The quantitative estimate of drug-likeness (QED) is 0.218. The number of aryl methyl sites for hydroxylation is 2. The molecular formula is C24H43P. The van der Waals surface area contributed by atoms with Crippen molar-refractivity contribution in [1.82, 2.24) is 0 Å². The summed E-state index contributed by atoms with van der Waals surface area (Å²) in [6.07, 6.45) is 20.0. The number of hydrogen-bond acceptors (Lipinski definition) is 0. The summed E-state index contributed by atoms with van der Waals surface area (Å²) in [4.78, 5) is 0. The summed E-state index contributed by atoms with van der Waals surface area (Å²) >= 11 is 0. The van der Waals surface area contributed by atoms with Gasteiger partial charge in [-0.05, 0) is 49.9 Å². The summed E-state index contributed by atoms with van der Waals surface area (Å²) in [6.45, 7) is 9.17. The lowest BCUT2D eigenvalue weighted by atomic mass is 10.1. The topological polar surface area (TPSA) is 0 Å². The van der Waals surface area contributed by atoms with Gasteiger partial charge in [0.1, 0.15) is 0 Å². The Bertz CT molecular complexity index is 422. The molecule has 0 N–H and O–H groups in total. The van der Waals surface area contributed by atoms with Gasteiger partial charge in [-0.15, -0.1) is 0 Å². The van der Waals surface area contributed by atoms with Crippen LogP contribution < -0.4 is 5.30 Å².